The summed E-state index contributed by atoms with van der Waals surface area (Å²) in [5.41, 5.74) is -1.93. The van der Waals surface area contributed by atoms with Gasteiger partial charge in [0.05, 0.1) is 22.0 Å². The van der Waals surface area contributed by atoms with Crippen molar-refractivity contribution >= 4 is 30.1 Å². The van der Waals surface area contributed by atoms with Gasteiger partial charge in [-0.25, -0.2) is 0 Å². The van der Waals surface area contributed by atoms with Gasteiger partial charge in [-0.1, -0.05) is 26.0 Å². The molecule has 0 amide bonds. The van der Waals surface area contributed by atoms with Crippen molar-refractivity contribution < 1.29 is 15.1 Å². The summed E-state index contributed by atoms with van der Waals surface area (Å²) in [4.78, 5) is 38.3. The third-order valence-corrected chi connectivity index (χ3v) is 7.51. The summed E-state index contributed by atoms with van der Waals surface area (Å²) in [6.45, 7) is 14.0. The standard InChI is InChI=1S/C23H27N5O6S2.C4H11N/c1-5-24-18(29)16(19(30)25(6-2)22(24)35)15(13-10-9-11-14(12-13)28(33)34)17-20(31)26(7-3)23(36)27(8-4)21(17)32;1-3-5-4-2/h9-12,15,29,31H,5-8H2,1-4H3;5H,3-4H2,1-2H3. The molecule has 3 aromatic rings. The monoisotopic (exact) mass is 606 g/mol. The summed E-state index contributed by atoms with van der Waals surface area (Å²) in [6.07, 6.45) is 0. The second-order valence-corrected chi connectivity index (χ2v) is 9.60. The molecule has 0 radical (unpaired) electrons. The van der Waals surface area contributed by atoms with Crippen LogP contribution in [0.25, 0.3) is 0 Å². The molecular weight excluding hydrogens is 568 g/mol. The molecule has 12 nitrogen and oxygen atoms in total. The first kappa shape index (κ1) is 33.6. The molecule has 0 saturated heterocycles. The summed E-state index contributed by atoms with van der Waals surface area (Å²) >= 11 is 10.8. The normalized spacial score (nSPS) is 10.9. The fraction of sp³-hybridized carbons (Fsp3) is 0.481. The molecule has 224 valence electrons. The summed E-state index contributed by atoms with van der Waals surface area (Å²) in [5.74, 6) is -2.33. The van der Waals surface area contributed by atoms with Crippen LogP contribution in [0.3, 0.4) is 0 Å². The molecular formula is C27H38N6O6S2. The molecule has 2 aromatic heterocycles. The van der Waals surface area contributed by atoms with Crippen LogP contribution >= 0.6 is 24.4 Å². The van der Waals surface area contributed by atoms with Gasteiger partial charge >= 0.3 is 0 Å². The van der Waals surface area contributed by atoms with E-state index in [1.807, 2.05) is 0 Å². The van der Waals surface area contributed by atoms with E-state index in [-0.39, 0.29) is 58.1 Å². The average Bonchev–Trinajstić information content (AvgIpc) is 2.94. The first-order valence-corrected chi connectivity index (χ1v) is 14.4. The maximum absolute atomic E-state index is 13.7. The Bertz CT molecular complexity index is 1550. The lowest BCUT2D eigenvalue weighted by atomic mass is 9.86. The van der Waals surface area contributed by atoms with Gasteiger partial charge in [-0.2, -0.15) is 0 Å². The van der Waals surface area contributed by atoms with E-state index in [1.54, 1.807) is 27.7 Å². The Morgan fingerprint density at radius 3 is 1.54 bits per heavy atom. The third kappa shape index (κ3) is 6.66. The van der Waals surface area contributed by atoms with E-state index in [0.717, 1.165) is 13.1 Å². The molecule has 0 saturated carbocycles. The molecule has 0 aliphatic rings. The molecule has 41 heavy (non-hydrogen) atoms. The van der Waals surface area contributed by atoms with Crippen molar-refractivity contribution in [2.75, 3.05) is 13.1 Å². The second-order valence-electron chi connectivity index (χ2n) is 8.87. The first-order chi connectivity index (χ1) is 19.5. The number of aromatic hydroxyl groups is 2. The summed E-state index contributed by atoms with van der Waals surface area (Å²) in [7, 11) is 0. The number of nitrogens with one attached hydrogen (secondary N) is 1. The van der Waals surface area contributed by atoms with Crippen LogP contribution in [-0.4, -0.2) is 46.5 Å². The van der Waals surface area contributed by atoms with Crippen LogP contribution in [-0.2, 0) is 26.2 Å². The molecule has 3 N–H and O–H groups in total. The Morgan fingerprint density at radius 2 is 1.22 bits per heavy atom. The number of nitrogens with zero attached hydrogens (tertiary/aromatic N) is 5. The van der Waals surface area contributed by atoms with Crippen LogP contribution in [0.4, 0.5) is 5.69 Å². The highest BCUT2D eigenvalue weighted by Gasteiger charge is 2.34. The van der Waals surface area contributed by atoms with E-state index >= 15 is 0 Å². The quantitative estimate of drug-likeness (QED) is 0.175. The van der Waals surface area contributed by atoms with Crippen LogP contribution in [0.15, 0.2) is 33.9 Å². The van der Waals surface area contributed by atoms with Gasteiger partial charge in [0.1, 0.15) is 0 Å². The fourth-order valence-corrected chi connectivity index (χ4v) is 5.45. The number of hydrogen-bond acceptors (Lipinski definition) is 9. The van der Waals surface area contributed by atoms with Crippen LogP contribution in [0.5, 0.6) is 11.8 Å². The molecule has 0 bridgehead atoms. The zero-order valence-electron chi connectivity index (χ0n) is 24.2. The van der Waals surface area contributed by atoms with Gasteiger partial charge in [-0.3, -0.25) is 38.0 Å². The van der Waals surface area contributed by atoms with Crippen molar-refractivity contribution in [3.63, 3.8) is 0 Å². The molecule has 0 aliphatic heterocycles. The molecule has 2 heterocycles. The summed E-state index contributed by atoms with van der Waals surface area (Å²) in [6, 6.07) is 5.39. The number of non-ortho nitro benzene ring substituents is 1. The average molecular weight is 607 g/mol. The molecule has 14 heteroatoms. The number of hydrogen-bond donors (Lipinski definition) is 3. The Labute approximate surface area is 248 Å². The minimum Gasteiger partial charge on any atom is -0.494 e. The van der Waals surface area contributed by atoms with Gasteiger partial charge in [-0.15, -0.1) is 0 Å². The zero-order valence-corrected chi connectivity index (χ0v) is 25.8. The van der Waals surface area contributed by atoms with E-state index in [2.05, 4.69) is 19.2 Å². The maximum atomic E-state index is 13.7. The highest BCUT2D eigenvalue weighted by atomic mass is 32.1. The molecule has 3 rings (SSSR count). The van der Waals surface area contributed by atoms with Crippen LogP contribution in [0.1, 0.15) is 64.2 Å². The lowest BCUT2D eigenvalue weighted by Crippen LogP contribution is -2.34. The topological polar surface area (TPSA) is 149 Å². The molecule has 0 aliphatic carbocycles. The first-order valence-electron chi connectivity index (χ1n) is 13.5. The summed E-state index contributed by atoms with van der Waals surface area (Å²) < 4.78 is 5.38. The van der Waals surface area contributed by atoms with Gasteiger partial charge in [0, 0.05) is 38.3 Å². The van der Waals surface area contributed by atoms with Crippen LogP contribution in [0, 0.1) is 19.7 Å². The van der Waals surface area contributed by atoms with E-state index < -0.39 is 33.7 Å². The smallest absolute Gasteiger partial charge is 0.269 e. The zero-order chi connectivity index (χ0) is 31.0. The predicted molar refractivity (Wildman–Crippen MR) is 163 cm³/mol. The van der Waals surface area contributed by atoms with Gasteiger partial charge < -0.3 is 15.5 Å². The molecule has 0 atom stereocenters. The van der Waals surface area contributed by atoms with E-state index in [4.69, 9.17) is 24.4 Å². The van der Waals surface area contributed by atoms with Crippen molar-refractivity contribution in [3.05, 3.63) is 81.3 Å². The lowest BCUT2D eigenvalue weighted by Gasteiger charge is -2.24. The number of rotatable bonds is 10. The molecule has 0 spiro atoms. The van der Waals surface area contributed by atoms with Crippen molar-refractivity contribution in [2.24, 2.45) is 0 Å². The third-order valence-electron chi connectivity index (χ3n) is 6.62. The van der Waals surface area contributed by atoms with Crippen molar-refractivity contribution in [3.8, 4) is 11.8 Å². The minimum absolute atomic E-state index is 0.0868. The lowest BCUT2D eigenvalue weighted by molar-refractivity contribution is -0.384. The Hall–Kier alpha value is -3.62. The molecule has 0 unspecified atom stereocenters. The van der Waals surface area contributed by atoms with E-state index in [9.17, 15) is 29.9 Å². The maximum Gasteiger partial charge on any atom is 0.269 e. The van der Waals surface area contributed by atoms with Gasteiger partial charge in [-0.05, 0) is 70.8 Å². The Balaban J connectivity index is 0.00000108. The SMILES string of the molecule is CCNCC.CCn1c(O)c(C(c2cccc([N+](=O)[O-])c2)c2c(O)n(CC)c(=S)n(CC)c2=O)c(=O)n(CC)c1=S. The Kier molecular flexibility index (Phi) is 12.2. The van der Waals surface area contributed by atoms with Crippen molar-refractivity contribution in [1.82, 2.24) is 23.6 Å². The molecule has 1 aromatic carbocycles. The molecule has 0 fully saturated rings. The van der Waals surface area contributed by atoms with Gasteiger partial charge in [0.25, 0.3) is 16.8 Å². The number of nitro benzene ring substituents is 1. The summed E-state index contributed by atoms with van der Waals surface area (Å²) in [5, 5.41) is 37.2. The fourth-order valence-electron chi connectivity index (χ4n) is 4.60. The van der Waals surface area contributed by atoms with Crippen LogP contribution < -0.4 is 16.4 Å². The highest BCUT2D eigenvalue weighted by molar-refractivity contribution is 7.71. The van der Waals surface area contributed by atoms with Gasteiger partial charge in [0.15, 0.2) is 9.54 Å². The number of aromatic nitrogens is 4. The largest absolute Gasteiger partial charge is 0.494 e. The minimum atomic E-state index is -1.36. The van der Waals surface area contributed by atoms with Crippen molar-refractivity contribution in [2.45, 2.75) is 73.6 Å². The van der Waals surface area contributed by atoms with Crippen LogP contribution in [0.2, 0.25) is 0 Å². The van der Waals surface area contributed by atoms with E-state index in [1.165, 1.54) is 42.5 Å². The predicted octanol–water partition coefficient (Wildman–Crippen LogP) is 4.27. The highest BCUT2D eigenvalue weighted by Crippen LogP contribution is 2.38. The number of nitro groups is 1. The second kappa shape index (κ2) is 14.8. The number of benzene rings is 1. The Morgan fingerprint density at radius 1 is 0.805 bits per heavy atom. The van der Waals surface area contributed by atoms with E-state index in [0.29, 0.717) is 0 Å². The van der Waals surface area contributed by atoms with Gasteiger partial charge in [0.2, 0.25) is 11.8 Å². The van der Waals surface area contributed by atoms with Crippen molar-refractivity contribution in [1.29, 1.82) is 0 Å².